The quantitative estimate of drug-likeness (QED) is 0.522. The van der Waals surface area contributed by atoms with Crippen LogP contribution < -0.4 is 15.0 Å². The van der Waals surface area contributed by atoms with Gasteiger partial charge < -0.3 is 14.8 Å². The second-order valence-electron chi connectivity index (χ2n) is 8.18. The zero-order chi connectivity index (χ0) is 25.2. The van der Waals surface area contributed by atoms with Crippen LogP contribution >= 0.6 is 0 Å². The maximum Gasteiger partial charge on any atom is 0.358 e. The molecule has 0 fully saturated rings. The Labute approximate surface area is 201 Å². The number of carbonyl (C=O) groups is 3. The number of nitrogens with one attached hydrogen (secondary N) is 1. The average Bonchev–Trinajstić information content (AvgIpc) is 3.28. The van der Waals surface area contributed by atoms with E-state index in [2.05, 4.69) is 10.4 Å². The van der Waals surface area contributed by atoms with E-state index in [1.54, 1.807) is 27.0 Å². The van der Waals surface area contributed by atoms with E-state index in [4.69, 9.17) is 9.47 Å². The van der Waals surface area contributed by atoms with Crippen LogP contribution in [0.4, 0.5) is 10.1 Å². The van der Waals surface area contributed by atoms with Crippen molar-refractivity contribution in [3.05, 3.63) is 77.4 Å². The van der Waals surface area contributed by atoms with Gasteiger partial charge in [-0.15, -0.1) is 0 Å². The van der Waals surface area contributed by atoms with Crippen molar-refractivity contribution in [3.63, 3.8) is 0 Å². The van der Waals surface area contributed by atoms with Gasteiger partial charge in [-0.2, -0.15) is 5.10 Å². The summed E-state index contributed by atoms with van der Waals surface area (Å²) in [4.78, 5) is 40.7. The third-order valence-electron chi connectivity index (χ3n) is 5.84. The number of ether oxygens (including phenoxy) is 2. The van der Waals surface area contributed by atoms with Gasteiger partial charge in [-0.05, 0) is 44.2 Å². The number of esters is 1. The van der Waals surface area contributed by atoms with Crippen molar-refractivity contribution in [1.82, 2.24) is 15.1 Å². The highest BCUT2D eigenvalue weighted by atomic mass is 19.1. The van der Waals surface area contributed by atoms with Gasteiger partial charge in [-0.1, -0.05) is 18.2 Å². The highest BCUT2D eigenvalue weighted by Gasteiger charge is 2.49. The van der Waals surface area contributed by atoms with Gasteiger partial charge in [0.15, 0.2) is 5.69 Å². The van der Waals surface area contributed by atoms with Gasteiger partial charge >= 0.3 is 5.97 Å². The molecule has 1 N–H and O–H groups in total. The third-order valence-corrected chi connectivity index (χ3v) is 5.84. The van der Waals surface area contributed by atoms with Gasteiger partial charge in [0.05, 0.1) is 20.3 Å². The number of hydrogen-bond donors (Lipinski definition) is 1. The highest BCUT2D eigenvalue weighted by Crippen LogP contribution is 2.33. The van der Waals surface area contributed by atoms with Crippen LogP contribution in [0.15, 0.2) is 54.6 Å². The maximum absolute atomic E-state index is 13.6. The third kappa shape index (κ3) is 4.46. The summed E-state index contributed by atoms with van der Waals surface area (Å²) in [6.45, 7) is 3.53. The molecule has 182 valence electrons. The Morgan fingerprint density at radius 3 is 2.57 bits per heavy atom. The largest absolute Gasteiger partial charge is 0.496 e. The van der Waals surface area contributed by atoms with Gasteiger partial charge in [0, 0.05) is 23.9 Å². The van der Waals surface area contributed by atoms with Gasteiger partial charge in [-0.25, -0.2) is 9.18 Å². The van der Waals surface area contributed by atoms with Gasteiger partial charge in [-0.3, -0.25) is 19.2 Å². The number of carbonyl (C=O) groups excluding carboxylic acids is 3. The van der Waals surface area contributed by atoms with Crippen molar-refractivity contribution in [1.29, 1.82) is 0 Å². The van der Waals surface area contributed by atoms with E-state index >= 15 is 0 Å². The van der Waals surface area contributed by atoms with Crippen molar-refractivity contribution in [2.75, 3.05) is 18.6 Å². The van der Waals surface area contributed by atoms with Gasteiger partial charge in [0.1, 0.15) is 22.8 Å². The van der Waals surface area contributed by atoms with Crippen molar-refractivity contribution < 1.29 is 28.2 Å². The first-order valence-corrected chi connectivity index (χ1v) is 11.0. The minimum Gasteiger partial charge on any atom is -0.496 e. The molecule has 1 atom stereocenters. The van der Waals surface area contributed by atoms with E-state index in [1.165, 1.54) is 39.9 Å². The first-order chi connectivity index (χ1) is 16.8. The lowest BCUT2D eigenvalue weighted by molar-refractivity contribution is -0.126. The molecule has 1 aromatic heterocycles. The first-order valence-electron chi connectivity index (χ1n) is 11.0. The van der Waals surface area contributed by atoms with Crippen LogP contribution in [0.3, 0.4) is 0 Å². The lowest BCUT2D eigenvalue weighted by atomic mass is 9.93. The summed E-state index contributed by atoms with van der Waals surface area (Å²) in [5, 5.41) is 7.10. The molecule has 9 nitrogen and oxygen atoms in total. The van der Waals surface area contributed by atoms with Crippen molar-refractivity contribution in [3.8, 4) is 5.75 Å². The monoisotopic (exact) mass is 480 g/mol. The number of hydrogen-bond acceptors (Lipinski definition) is 6. The normalized spacial score (nSPS) is 17.0. The number of methoxy groups -OCH3 is 1. The summed E-state index contributed by atoms with van der Waals surface area (Å²) in [7, 11) is 1.54. The van der Waals surface area contributed by atoms with Crippen LogP contribution in [0.1, 0.15) is 40.4 Å². The predicted molar refractivity (Wildman–Crippen MR) is 125 cm³/mol. The SMILES string of the molecule is CCOC(=O)c1cc2n(n1)C[C@](C)(C(=O)NCc1ccccc1OC)N(c1ccc(F)cc1)C2=O. The molecule has 0 saturated heterocycles. The van der Waals surface area contributed by atoms with E-state index in [1.807, 2.05) is 18.2 Å². The molecular formula is C25H25FN4O5. The molecule has 0 aliphatic carbocycles. The molecule has 10 heteroatoms. The van der Waals surface area contributed by atoms with Gasteiger partial charge in [0.2, 0.25) is 5.91 Å². The van der Waals surface area contributed by atoms with Crippen LogP contribution in [0.5, 0.6) is 5.75 Å². The standard InChI is InChI=1S/C25H25FN4O5/c1-4-35-23(32)19-13-20-22(31)30(18-11-9-17(26)10-12-18)25(2,15-29(20)28-19)24(33)27-14-16-7-5-6-8-21(16)34-3/h5-13H,4,14-15H2,1-3H3,(H,27,33)/t25-/m1/s1. The molecule has 0 unspecified atom stereocenters. The molecule has 1 aliphatic rings. The fraction of sp³-hybridized carbons (Fsp3) is 0.280. The van der Waals surface area contributed by atoms with E-state index < -0.39 is 29.1 Å². The number of para-hydroxylation sites is 1. The Bertz CT molecular complexity index is 1270. The Morgan fingerprint density at radius 2 is 1.89 bits per heavy atom. The molecule has 0 saturated carbocycles. The molecule has 0 radical (unpaired) electrons. The van der Waals surface area contributed by atoms with Crippen LogP contribution in [0.2, 0.25) is 0 Å². The summed E-state index contributed by atoms with van der Waals surface area (Å²) in [6.07, 6.45) is 0. The molecule has 4 rings (SSSR count). The van der Waals surface area contributed by atoms with E-state index in [0.717, 1.165) is 5.56 Å². The first kappa shape index (κ1) is 23.9. The minimum absolute atomic E-state index is 0.0343. The smallest absolute Gasteiger partial charge is 0.358 e. The lowest BCUT2D eigenvalue weighted by Gasteiger charge is -2.43. The van der Waals surface area contributed by atoms with Crippen LogP contribution in [-0.4, -0.2) is 46.8 Å². The molecule has 35 heavy (non-hydrogen) atoms. The fourth-order valence-electron chi connectivity index (χ4n) is 4.10. The number of halogens is 1. The number of amides is 2. The number of anilines is 1. The Hall–Kier alpha value is -4.21. The molecule has 3 aromatic rings. The second-order valence-corrected chi connectivity index (χ2v) is 8.18. The van der Waals surface area contributed by atoms with Crippen molar-refractivity contribution in [2.45, 2.75) is 32.5 Å². The molecule has 2 amide bonds. The molecule has 2 heterocycles. The van der Waals surface area contributed by atoms with E-state index in [0.29, 0.717) is 11.4 Å². The summed E-state index contributed by atoms with van der Waals surface area (Å²) >= 11 is 0. The molecular weight excluding hydrogens is 455 g/mol. The summed E-state index contributed by atoms with van der Waals surface area (Å²) in [5.41, 5.74) is -0.273. The Kier molecular flexibility index (Phi) is 6.54. The number of nitrogens with zero attached hydrogens (tertiary/aromatic N) is 3. The van der Waals surface area contributed by atoms with E-state index in [9.17, 15) is 18.8 Å². The maximum atomic E-state index is 13.6. The van der Waals surface area contributed by atoms with Crippen LogP contribution in [0.25, 0.3) is 0 Å². The number of fused-ring (bicyclic) bond motifs is 1. The Morgan fingerprint density at radius 1 is 1.17 bits per heavy atom. The van der Waals surface area contributed by atoms with Crippen LogP contribution in [0, 0.1) is 5.82 Å². The second kappa shape index (κ2) is 9.57. The zero-order valence-corrected chi connectivity index (χ0v) is 19.6. The molecule has 0 bridgehead atoms. The zero-order valence-electron chi connectivity index (χ0n) is 19.6. The van der Waals surface area contributed by atoms with Crippen molar-refractivity contribution >= 4 is 23.5 Å². The van der Waals surface area contributed by atoms with Gasteiger partial charge in [0.25, 0.3) is 5.91 Å². The average molecular weight is 480 g/mol. The fourth-order valence-corrected chi connectivity index (χ4v) is 4.10. The van der Waals surface area contributed by atoms with Crippen LogP contribution in [-0.2, 0) is 22.6 Å². The lowest BCUT2D eigenvalue weighted by Crippen LogP contribution is -2.64. The summed E-state index contributed by atoms with van der Waals surface area (Å²) in [6, 6.07) is 13.9. The highest BCUT2D eigenvalue weighted by molar-refractivity contribution is 6.12. The molecule has 2 aromatic carbocycles. The van der Waals surface area contributed by atoms with E-state index in [-0.39, 0.29) is 31.1 Å². The number of aromatic nitrogens is 2. The number of rotatable bonds is 7. The minimum atomic E-state index is -1.44. The summed E-state index contributed by atoms with van der Waals surface area (Å²) in [5.74, 6) is -1.55. The topological polar surface area (TPSA) is 103 Å². The molecule has 1 aliphatic heterocycles. The number of benzene rings is 2. The summed E-state index contributed by atoms with van der Waals surface area (Å²) < 4.78 is 25.3. The predicted octanol–water partition coefficient (Wildman–Crippen LogP) is 2.94. The Balaban J connectivity index is 1.71. The van der Waals surface area contributed by atoms with Crippen molar-refractivity contribution in [2.24, 2.45) is 0 Å². The molecule has 0 spiro atoms.